The number of nitrogens with two attached hydrogens (primary N) is 1. The number of allylic oxidation sites excluding steroid dienone is 1. The lowest BCUT2D eigenvalue weighted by molar-refractivity contribution is -0.139. The average molecular weight is 478 g/mol. The summed E-state index contributed by atoms with van der Waals surface area (Å²) in [5.41, 5.74) is 6.61. The van der Waals surface area contributed by atoms with E-state index in [2.05, 4.69) is 5.32 Å². The van der Waals surface area contributed by atoms with Gasteiger partial charge in [-0.1, -0.05) is 30.3 Å². The second-order valence-corrected chi connectivity index (χ2v) is 7.63. The van der Waals surface area contributed by atoms with Gasteiger partial charge in [0.25, 0.3) is 0 Å². The molecular formula is C25H23FN4O5. The van der Waals surface area contributed by atoms with Crippen LogP contribution in [0.25, 0.3) is 0 Å². The maximum Gasteiger partial charge on any atom is 0.355 e. The van der Waals surface area contributed by atoms with E-state index in [0.29, 0.717) is 11.1 Å². The van der Waals surface area contributed by atoms with Crippen LogP contribution in [0.1, 0.15) is 24.0 Å². The average Bonchev–Trinajstić information content (AvgIpc) is 2.84. The minimum absolute atomic E-state index is 0.0729. The summed E-state index contributed by atoms with van der Waals surface area (Å²) in [7, 11) is 2.23. The molecule has 1 atom stereocenters. The number of rotatable bonds is 5. The zero-order chi connectivity index (χ0) is 25.9. The molecule has 35 heavy (non-hydrogen) atoms. The Morgan fingerprint density at radius 1 is 1.11 bits per heavy atom. The van der Waals surface area contributed by atoms with Gasteiger partial charge in [0.1, 0.15) is 17.3 Å². The van der Waals surface area contributed by atoms with Crippen molar-refractivity contribution in [1.82, 2.24) is 0 Å². The third-order valence-electron chi connectivity index (χ3n) is 5.43. The van der Waals surface area contributed by atoms with Crippen LogP contribution < -0.4 is 16.0 Å². The van der Waals surface area contributed by atoms with Gasteiger partial charge in [0.15, 0.2) is 0 Å². The molecule has 1 aliphatic heterocycles. The zero-order valence-corrected chi connectivity index (χ0v) is 19.5. The molecule has 9 nitrogen and oxygen atoms in total. The fourth-order valence-electron chi connectivity index (χ4n) is 4.00. The molecule has 1 amide bonds. The largest absolute Gasteiger partial charge is 0.466 e. The Labute approximate surface area is 201 Å². The first-order valence-corrected chi connectivity index (χ1v) is 10.4. The van der Waals surface area contributed by atoms with Crippen molar-refractivity contribution in [3.8, 4) is 6.07 Å². The Bertz CT molecular complexity index is 1310. The topological polar surface area (TPSA) is 135 Å². The van der Waals surface area contributed by atoms with Crippen LogP contribution >= 0.6 is 0 Å². The van der Waals surface area contributed by atoms with Gasteiger partial charge in [0.2, 0.25) is 5.91 Å². The molecule has 1 heterocycles. The second-order valence-electron chi connectivity index (χ2n) is 7.63. The Hall–Kier alpha value is -4.65. The molecule has 1 unspecified atom stereocenters. The molecule has 3 rings (SSSR count). The molecule has 0 radical (unpaired) electrons. The van der Waals surface area contributed by atoms with Crippen molar-refractivity contribution >= 4 is 29.2 Å². The number of hydrogen-bond donors (Lipinski definition) is 2. The molecule has 0 aromatic heterocycles. The SMILES string of the molecule is COC(=O)C1=C(C(=O)OC)N(c2cc(F)cc(C)c2NC(C)=O)C(N)=C(C#N)C1c1ccccc1. The summed E-state index contributed by atoms with van der Waals surface area (Å²) in [6.45, 7) is 2.80. The number of halogens is 1. The number of aryl methyl sites for hydroxylation is 1. The minimum Gasteiger partial charge on any atom is -0.466 e. The number of anilines is 2. The number of amides is 1. The smallest absolute Gasteiger partial charge is 0.355 e. The van der Waals surface area contributed by atoms with E-state index in [1.165, 1.54) is 13.0 Å². The zero-order valence-electron chi connectivity index (χ0n) is 19.5. The number of nitriles is 1. The Morgan fingerprint density at radius 3 is 2.29 bits per heavy atom. The van der Waals surface area contributed by atoms with Gasteiger partial charge >= 0.3 is 11.9 Å². The van der Waals surface area contributed by atoms with Gasteiger partial charge in [0.05, 0.1) is 48.7 Å². The van der Waals surface area contributed by atoms with Gasteiger partial charge < -0.3 is 20.5 Å². The van der Waals surface area contributed by atoms with Gasteiger partial charge in [-0.05, 0) is 24.1 Å². The van der Waals surface area contributed by atoms with E-state index >= 15 is 0 Å². The van der Waals surface area contributed by atoms with Crippen molar-refractivity contribution in [2.75, 3.05) is 24.4 Å². The van der Waals surface area contributed by atoms with Gasteiger partial charge in [-0.2, -0.15) is 5.26 Å². The van der Waals surface area contributed by atoms with E-state index in [4.69, 9.17) is 15.2 Å². The number of nitrogens with one attached hydrogen (secondary N) is 1. The van der Waals surface area contributed by atoms with Crippen LogP contribution in [0.15, 0.2) is 65.1 Å². The fraction of sp³-hybridized carbons (Fsp3) is 0.200. The molecule has 2 aromatic rings. The summed E-state index contributed by atoms with van der Waals surface area (Å²) < 4.78 is 24.5. The summed E-state index contributed by atoms with van der Waals surface area (Å²) in [6.07, 6.45) is 0. The van der Waals surface area contributed by atoms with Crippen molar-refractivity contribution < 1.29 is 28.2 Å². The number of ether oxygens (including phenoxy) is 2. The normalized spacial score (nSPS) is 15.4. The maximum absolute atomic E-state index is 14.6. The number of nitrogens with zero attached hydrogens (tertiary/aromatic N) is 2. The lowest BCUT2D eigenvalue weighted by atomic mass is 9.81. The molecule has 0 saturated carbocycles. The minimum atomic E-state index is -1.07. The Morgan fingerprint density at radius 2 is 1.74 bits per heavy atom. The molecule has 10 heteroatoms. The highest BCUT2D eigenvalue weighted by atomic mass is 19.1. The summed E-state index contributed by atoms with van der Waals surface area (Å²) in [5, 5.41) is 12.7. The maximum atomic E-state index is 14.6. The Balaban J connectivity index is 2.50. The molecule has 1 aliphatic rings. The molecule has 0 spiro atoms. The van der Waals surface area contributed by atoms with E-state index in [-0.39, 0.29) is 34.0 Å². The molecule has 3 N–H and O–H groups in total. The van der Waals surface area contributed by atoms with E-state index in [1.807, 2.05) is 6.07 Å². The number of carbonyl (C=O) groups is 3. The Kier molecular flexibility index (Phi) is 7.20. The third kappa shape index (κ3) is 4.56. The van der Waals surface area contributed by atoms with Crippen molar-refractivity contribution in [3.05, 3.63) is 82.1 Å². The predicted molar refractivity (Wildman–Crippen MR) is 125 cm³/mol. The van der Waals surface area contributed by atoms with Crippen molar-refractivity contribution in [2.45, 2.75) is 19.8 Å². The van der Waals surface area contributed by atoms with Gasteiger partial charge in [-0.15, -0.1) is 0 Å². The van der Waals surface area contributed by atoms with E-state index < -0.39 is 29.6 Å². The lowest BCUT2D eigenvalue weighted by Crippen LogP contribution is -2.41. The number of esters is 2. The fourth-order valence-corrected chi connectivity index (χ4v) is 4.00. The first kappa shape index (κ1) is 25.0. The van der Waals surface area contributed by atoms with Crippen molar-refractivity contribution in [1.29, 1.82) is 5.26 Å². The highest BCUT2D eigenvalue weighted by Crippen LogP contribution is 2.45. The first-order chi connectivity index (χ1) is 16.7. The quantitative estimate of drug-likeness (QED) is 0.627. The number of benzene rings is 2. The lowest BCUT2D eigenvalue weighted by Gasteiger charge is -2.36. The monoisotopic (exact) mass is 478 g/mol. The van der Waals surface area contributed by atoms with Crippen LogP contribution in [-0.2, 0) is 23.9 Å². The standard InChI is InChI=1S/C25H23FN4O5/c1-13-10-16(26)11-18(21(13)29-14(2)31)30-22(25(33)35-4)20(24(32)34-3)19(17(12-27)23(30)28)15-8-6-5-7-9-15/h5-11,19H,28H2,1-4H3,(H,29,31). The van der Waals surface area contributed by atoms with Crippen LogP contribution in [0.2, 0.25) is 0 Å². The van der Waals surface area contributed by atoms with Crippen molar-refractivity contribution in [3.63, 3.8) is 0 Å². The molecule has 2 aromatic carbocycles. The molecule has 0 fully saturated rings. The highest BCUT2D eigenvalue weighted by Gasteiger charge is 2.43. The number of hydrogen-bond acceptors (Lipinski definition) is 8. The third-order valence-corrected chi connectivity index (χ3v) is 5.43. The van der Waals surface area contributed by atoms with Gasteiger partial charge in [0, 0.05) is 13.0 Å². The summed E-state index contributed by atoms with van der Waals surface area (Å²) in [4.78, 5) is 39.2. The van der Waals surface area contributed by atoms with Crippen LogP contribution in [0.4, 0.5) is 15.8 Å². The van der Waals surface area contributed by atoms with Crippen molar-refractivity contribution in [2.24, 2.45) is 5.73 Å². The first-order valence-electron chi connectivity index (χ1n) is 10.4. The van der Waals surface area contributed by atoms with E-state index in [0.717, 1.165) is 25.2 Å². The second kappa shape index (κ2) is 10.1. The van der Waals surface area contributed by atoms with Crippen LogP contribution in [-0.4, -0.2) is 32.1 Å². The molecule has 0 aliphatic carbocycles. The highest BCUT2D eigenvalue weighted by molar-refractivity contribution is 6.07. The van der Waals surface area contributed by atoms with Crippen LogP contribution in [0.5, 0.6) is 0 Å². The molecule has 0 saturated heterocycles. The van der Waals surface area contributed by atoms with E-state index in [9.17, 15) is 24.0 Å². The molecular weight excluding hydrogens is 455 g/mol. The van der Waals surface area contributed by atoms with Crippen LogP contribution in [0.3, 0.4) is 0 Å². The van der Waals surface area contributed by atoms with Gasteiger partial charge in [-0.25, -0.2) is 14.0 Å². The molecule has 180 valence electrons. The summed E-state index contributed by atoms with van der Waals surface area (Å²) in [5.74, 6) is -4.39. The number of methoxy groups -OCH3 is 2. The number of carbonyl (C=O) groups excluding carboxylic acids is 3. The molecule has 0 bridgehead atoms. The van der Waals surface area contributed by atoms with E-state index in [1.54, 1.807) is 37.3 Å². The predicted octanol–water partition coefficient (Wildman–Crippen LogP) is 2.99. The summed E-state index contributed by atoms with van der Waals surface area (Å²) >= 11 is 0. The van der Waals surface area contributed by atoms with Crippen LogP contribution in [0, 0.1) is 24.1 Å². The summed E-state index contributed by atoms with van der Waals surface area (Å²) in [6, 6.07) is 12.7. The van der Waals surface area contributed by atoms with Gasteiger partial charge in [-0.3, -0.25) is 9.69 Å².